The van der Waals surface area contributed by atoms with Crippen molar-refractivity contribution in [2.75, 3.05) is 19.6 Å². The Labute approximate surface area is 177 Å². The van der Waals surface area contributed by atoms with E-state index in [1.165, 1.54) is 12.1 Å². The molecule has 1 aliphatic rings. The van der Waals surface area contributed by atoms with Gasteiger partial charge in [0.2, 0.25) is 0 Å². The molecule has 2 rings (SSSR count). The molecule has 0 aliphatic carbocycles. The number of halogens is 1. The topological polar surface area (TPSA) is 56.5 Å². The highest BCUT2D eigenvalue weighted by atomic mass is 32.1. The Hall–Kier alpha value is -0.563. The summed E-state index contributed by atoms with van der Waals surface area (Å²) in [5.41, 5.74) is 0.680. The van der Waals surface area contributed by atoms with Gasteiger partial charge in [0.1, 0.15) is 5.82 Å². The zero-order valence-electron chi connectivity index (χ0n) is 16.8. The van der Waals surface area contributed by atoms with Gasteiger partial charge in [-0.1, -0.05) is 20.8 Å². The Morgan fingerprint density at radius 1 is 1.33 bits per heavy atom. The Bertz CT molecular complexity index is 662. The summed E-state index contributed by atoms with van der Waals surface area (Å²) < 4.78 is 20.0. The van der Waals surface area contributed by atoms with E-state index in [-0.39, 0.29) is 43.7 Å². The third-order valence-electron chi connectivity index (χ3n) is 5.36. The molecule has 1 heterocycles. The average Bonchev–Trinajstić information content (AvgIpc) is 2.91. The zero-order valence-corrected chi connectivity index (χ0v) is 19.8. The van der Waals surface area contributed by atoms with Gasteiger partial charge in [-0.3, -0.25) is 4.90 Å². The first-order valence-corrected chi connectivity index (χ1v) is 11.7. The van der Waals surface area contributed by atoms with E-state index in [1.54, 1.807) is 6.07 Å². The van der Waals surface area contributed by atoms with Crippen molar-refractivity contribution >= 4 is 35.3 Å². The fourth-order valence-corrected chi connectivity index (χ4v) is 4.25. The lowest BCUT2D eigenvalue weighted by molar-refractivity contribution is 0.114. The fraction of sp³-hybridized carbons (Fsp3) is 0.632. The largest absolute Gasteiger partial charge is 0.413 e. The normalized spacial score (nSPS) is 19.0. The Morgan fingerprint density at radius 2 is 1.96 bits per heavy atom. The molecule has 1 N–H and O–H groups in total. The molecule has 1 aromatic rings. The van der Waals surface area contributed by atoms with Gasteiger partial charge in [0, 0.05) is 19.6 Å². The molecule has 154 valence electrons. The first-order valence-electron chi connectivity index (χ1n) is 8.80. The average molecular weight is 433 g/mol. The molecule has 1 aromatic carbocycles. The van der Waals surface area contributed by atoms with Crippen LogP contribution in [0.25, 0.3) is 0 Å². The monoisotopic (exact) mass is 432 g/mol. The van der Waals surface area contributed by atoms with E-state index in [0.717, 1.165) is 19.5 Å². The van der Waals surface area contributed by atoms with E-state index in [9.17, 15) is 9.50 Å². The first-order chi connectivity index (χ1) is 11.5. The van der Waals surface area contributed by atoms with Crippen LogP contribution in [0.2, 0.25) is 18.1 Å². The second-order valence-electron chi connectivity index (χ2n) is 8.45. The van der Waals surface area contributed by atoms with Crippen LogP contribution < -0.4 is 0 Å². The molecular weight excluding hydrogens is 399 g/mol. The van der Waals surface area contributed by atoms with Crippen molar-refractivity contribution in [1.82, 2.24) is 4.90 Å². The summed E-state index contributed by atoms with van der Waals surface area (Å²) in [6.07, 6.45) is 0.330. The highest BCUT2D eigenvalue weighted by Gasteiger charge is 2.40. The molecule has 8 heteroatoms. The summed E-state index contributed by atoms with van der Waals surface area (Å²) in [5, 5.41) is 19.5. The summed E-state index contributed by atoms with van der Waals surface area (Å²) in [5.74, 6) is -0.492. The number of nitrogens with zero attached hydrogens (tertiary/aromatic N) is 2. The highest BCUT2D eigenvalue weighted by molar-refractivity contribution is 7.59. The standard InChI is InChI=1S/C19H29FN2O2Si.2H2S/c1-19(2,3)25(4,5)24-17-6-7-22(12-17)13-18(23)15-8-14(11-21)9-16(20)10-15;;/h8-10,17-18,23H,6-7,12-13H2,1-5H3;2*1H2/t17-,18+;;/m0../s1. The molecule has 1 saturated heterocycles. The number of benzene rings is 1. The Balaban J connectivity index is 0.00000338. The van der Waals surface area contributed by atoms with Crippen LogP contribution in [0.5, 0.6) is 0 Å². The number of hydrogen-bond acceptors (Lipinski definition) is 4. The van der Waals surface area contributed by atoms with Crippen LogP contribution in [0.3, 0.4) is 0 Å². The van der Waals surface area contributed by atoms with Crippen LogP contribution in [0.1, 0.15) is 44.4 Å². The maximum Gasteiger partial charge on any atom is 0.192 e. The summed E-state index contributed by atoms with van der Waals surface area (Å²) >= 11 is 0. The maximum absolute atomic E-state index is 13.6. The van der Waals surface area contributed by atoms with E-state index >= 15 is 0 Å². The lowest BCUT2D eigenvalue weighted by Crippen LogP contribution is -2.44. The number of aliphatic hydroxyl groups excluding tert-OH is 1. The van der Waals surface area contributed by atoms with Crippen LogP contribution in [-0.4, -0.2) is 44.1 Å². The van der Waals surface area contributed by atoms with Crippen LogP contribution in [0, 0.1) is 17.1 Å². The molecule has 0 spiro atoms. The zero-order chi connectivity index (χ0) is 18.8. The van der Waals surface area contributed by atoms with Gasteiger partial charge < -0.3 is 9.53 Å². The van der Waals surface area contributed by atoms with E-state index < -0.39 is 20.2 Å². The smallest absolute Gasteiger partial charge is 0.192 e. The predicted octanol–water partition coefficient (Wildman–Crippen LogP) is 4.05. The van der Waals surface area contributed by atoms with Gasteiger partial charge in [0.25, 0.3) is 0 Å². The Morgan fingerprint density at radius 3 is 2.52 bits per heavy atom. The second kappa shape index (κ2) is 10.3. The summed E-state index contributed by atoms with van der Waals surface area (Å²) in [7, 11) is -1.80. The first kappa shape index (κ1) is 26.4. The van der Waals surface area contributed by atoms with Crippen molar-refractivity contribution in [3.8, 4) is 6.07 Å². The van der Waals surface area contributed by atoms with Gasteiger partial charge >= 0.3 is 0 Å². The summed E-state index contributed by atoms with van der Waals surface area (Å²) in [4.78, 5) is 2.15. The number of aliphatic hydroxyl groups is 1. The van der Waals surface area contributed by atoms with E-state index in [4.69, 9.17) is 9.69 Å². The fourth-order valence-electron chi connectivity index (χ4n) is 2.87. The van der Waals surface area contributed by atoms with E-state index in [2.05, 4.69) is 38.8 Å². The van der Waals surface area contributed by atoms with Gasteiger partial charge in [-0.05, 0) is 48.3 Å². The molecule has 0 radical (unpaired) electrons. The van der Waals surface area contributed by atoms with Gasteiger partial charge in [0.05, 0.1) is 23.8 Å². The van der Waals surface area contributed by atoms with Crippen molar-refractivity contribution in [3.63, 3.8) is 0 Å². The summed E-state index contributed by atoms with van der Waals surface area (Å²) in [6, 6.07) is 5.95. The maximum atomic E-state index is 13.6. The van der Waals surface area contributed by atoms with Gasteiger partial charge in [-0.25, -0.2) is 4.39 Å². The lowest BCUT2D eigenvalue weighted by atomic mass is 10.1. The van der Waals surface area contributed by atoms with Gasteiger partial charge in [0.15, 0.2) is 8.32 Å². The van der Waals surface area contributed by atoms with Crippen molar-refractivity contribution in [2.24, 2.45) is 0 Å². The van der Waals surface area contributed by atoms with Gasteiger partial charge in [-0.2, -0.15) is 32.3 Å². The molecule has 4 nitrogen and oxygen atoms in total. The lowest BCUT2D eigenvalue weighted by Gasteiger charge is -2.38. The van der Waals surface area contributed by atoms with Crippen molar-refractivity contribution in [1.29, 1.82) is 5.26 Å². The molecule has 0 aromatic heterocycles. The number of nitriles is 1. The van der Waals surface area contributed by atoms with Crippen LogP contribution >= 0.6 is 27.0 Å². The van der Waals surface area contributed by atoms with E-state index in [1.807, 2.05) is 6.07 Å². The molecule has 2 atom stereocenters. The van der Waals surface area contributed by atoms with Gasteiger partial charge in [-0.15, -0.1) is 0 Å². The third kappa shape index (κ3) is 7.08. The predicted molar refractivity (Wildman–Crippen MR) is 120 cm³/mol. The third-order valence-corrected chi connectivity index (χ3v) is 9.90. The summed E-state index contributed by atoms with van der Waals surface area (Å²) in [6.45, 7) is 13.2. The molecule has 27 heavy (non-hydrogen) atoms. The quantitative estimate of drug-likeness (QED) is 0.713. The van der Waals surface area contributed by atoms with Crippen LogP contribution in [0.4, 0.5) is 4.39 Å². The number of β-amino-alcohol motifs (C(OH)–C–C–N with tert-alkyl or cyclic N) is 1. The molecule has 1 fully saturated rings. The SMILES string of the molecule is CC(C)(C)[Si](C)(C)O[C@H]1CCN(C[C@@H](O)c2cc(F)cc(C#N)c2)C1.S.S. The number of rotatable bonds is 5. The van der Waals surface area contributed by atoms with Crippen LogP contribution in [-0.2, 0) is 4.43 Å². The van der Waals surface area contributed by atoms with Crippen molar-refractivity contribution in [3.05, 3.63) is 35.1 Å². The molecule has 0 amide bonds. The molecule has 1 aliphatic heterocycles. The Kier molecular flexibility index (Phi) is 10.1. The molecular formula is C19H33FN2O2S2Si. The minimum atomic E-state index is -1.80. The van der Waals surface area contributed by atoms with Crippen molar-refractivity contribution < 1.29 is 13.9 Å². The number of likely N-dealkylation sites (tertiary alicyclic amines) is 1. The minimum Gasteiger partial charge on any atom is -0.413 e. The van der Waals surface area contributed by atoms with Crippen molar-refractivity contribution in [2.45, 2.75) is 57.5 Å². The highest BCUT2D eigenvalue weighted by Crippen LogP contribution is 2.38. The molecule has 0 unspecified atom stereocenters. The second-order valence-corrected chi connectivity index (χ2v) is 13.2. The molecule has 0 bridgehead atoms. The number of hydrogen-bond donors (Lipinski definition) is 1. The van der Waals surface area contributed by atoms with Crippen LogP contribution in [0.15, 0.2) is 18.2 Å². The molecule has 0 saturated carbocycles. The van der Waals surface area contributed by atoms with E-state index in [0.29, 0.717) is 12.1 Å². The minimum absolute atomic E-state index is 0.